The molecule has 0 saturated carbocycles. The molecule has 1 aliphatic heterocycles. The number of nitrogens with zero attached hydrogens (tertiary/aromatic N) is 3. The van der Waals surface area contributed by atoms with Crippen LogP contribution in [-0.4, -0.2) is 44.4 Å². The molecule has 2 heterocycles. The number of aromatic nitrogens is 2. The zero-order valence-corrected chi connectivity index (χ0v) is 12.9. The lowest BCUT2D eigenvalue weighted by Gasteiger charge is -2.18. The molecule has 0 unspecified atom stereocenters. The number of halogens is 2. The largest absolute Gasteiger partial charge is 0.388 e. The van der Waals surface area contributed by atoms with Crippen LogP contribution >= 0.6 is 0 Å². The fourth-order valence-electron chi connectivity index (χ4n) is 2.76. The van der Waals surface area contributed by atoms with E-state index in [2.05, 4.69) is 5.10 Å². The number of aryl methyl sites for hydroxylation is 1. The maximum atomic E-state index is 13.9. The van der Waals surface area contributed by atoms with Crippen LogP contribution in [0.5, 0.6) is 0 Å². The molecule has 1 N–H and O–H groups in total. The maximum Gasteiger partial charge on any atom is 0.274 e. The van der Waals surface area contributed by atoms with Gasteiger partial charge in [-0.2, -0.15) is 5.10 Å². The molecule has 0 aliphatic carbocycles. The molecule has 122 valence electrons. The van der Waals surface area contributed by atoms with Crippen LogP contribution in [0.4, 0.5) is 8.78 Å². The van der Waals surface area contributed by atoms with Gasteiger partial charge in [0.15, 0.2) is 17.3 Å². The summed E-state index contributed by atoms with van der Waals surface area (Å²) in [4.78, 5) is 14.0. The van der Waals surface area contributed by atoms with Crippen molar-refractivity contribution in [3.05, 3.63) is 47.3 Å². The van der Waals surface area contributed by atoms with E-state index < -0.39 is 17.2 Å². The Labute approximate surface area is 132 Å². The zero-order chi connectivity index (χ0) is 16.8. The predicted molar refractivity (Wildman–Crippen MR) is 79.4 cm³/mol. The van der Waals surface area contributed by atoms with E-state index in [4.69, 9.17) is 0 Å². The number of para-hydroxylation sites is 1. The van der Waals surface area contributed by atoms with Crippen molar-refractivity contribution in [3.8, 4) is 5.69 Å². The van der Waals surface area contributed by atoms with Crippen LogP contribution in [0.15, 0.2) is 24.4 Å². The Hall–Kier alpha value is -2.28. The molecule has 1 fully saturated rings. The fourth-order valence-corrected chi connectivity index (χ4v) is 2.76. The van der Waals surface area contributed by atoms with Gasteiger partial charge in [0.05, 0.1) is 5.60 Å². The van der Waals surface area contributed by atoms with E-state index in [0.29, 0.717) is 18.5 Å². The summed E-state index contributed by atoms with van der Waals surface area (Å²) in [5.41, 5.74) is -0.582. The Bertz CT molecular complexity index is 750. The first-order chi connectivity index (χ1) is 10.8. The number of carbonyl (C=O) groups is 1. The molecule has 1 saturated heterocycles. The monoisotopic (exact) mass is 321 g/mol. The molecule has 5 nitrogen and oxygen atoms in total. The number of likely N-dealkylation sites (tertiary alicyclic amines) is 1. The number of amides is 1. The molecule has 7 heteroatoms. The van der Waals surface area contributed by atoms with Crippen LogP contribution in [0.3, 0.4) is 0 Å². The average molecular weight is 321 g/mol. The highest BCUT2D eigenvalue weighted by Crippen LogP contribution is 2.24. The molecular weight excluding hydrogens is 304 g/mol. The van der Waals surface area contributed by atoms with Gasteiger partial charge in [0.2, 0.25) is 0 Å². The summed E-state index contributed by atoms with van der Waals surface area (Å²) in [6.45, 7) is 3.96. The quantitative estimate of drug-likeness (QED) is 0.921. The Morgan fingerprint density at radius 1 is 1.35 bits per heavy atom. The normalized spacial score (nSPS) is 21.0. The van der Waals surface area contributed by atoms with Gasteiger partial charge in [0.25, 0.3) is 5.91 Å². The highest BCUT2D eigenvalue weighted by Gasteiger charge is 2.35. The van der Waals surface area contributed by atoms with Crippen molar-refractivity contribution in [2.45, 2.75) is 25.9 Å². The third kappa shape index (κ3) is 2.84. The van der Waals surface area contributed by atoms with Gasteiger partial charge >= 0.3 is 0 Å². The highest BCUT2D eigenvalue weighted by molar-refractivity contribution is 5.94. The number of benzene rings is 1. The van der Waals surface area contributed by atoms with Gasteiger partial charge < -0.3 is 10.0 Å². The number of carbonyl (C=O) groups excluding carboxylic acids is 1. The van der Waals surface area contributed by atoms with Crippen LogP contribution in [0.2, 0.25) is 0 Å². The molecular formula is C16H17F2N3O2. The second kappa shape index (κ2) is 5.42. The minimum Gasteiger partial charge on any atom is -0.388 e. The molecule has 1 atom stereocenters. The van der Waals surface area contributed by atoms with E-state index in [1.807, 2.05) is 0 Å². The summed E-state index contributed by atoms with van der Waals surface area (Å²) in [5, 5.41) is 14.0. The first-order valence-corrected chi connectivity index (χ1v) is 7.31. The molecule has 23 heavy (non-hydrogen) atoms. The molecule has 3 rings (SSSR count). The average Bonchev–Trinajstić information content (AvgIpc) is 3.01. The Balaban J connectivity index is 1.94. The van der Waals surface area contributed by atoms with Crippen LogP contribution in [0, 0.1) is 18.6 Å². The summed E-state index contributed by atoms with van der Waals surface area (Å²) >= 11 is 0. The van der Waals surface area contributed by atoms with Crippen molar-refractivity contribution in [2.24, 2.45) is 0 Å². The van der Waals surface area contributed by atoms with Crippen LogP contribution in [0.25, 0.3) is 5.69 Å². The number of β-amino-alcohol motifs (C(OH)–C–C–N with tert-alkyl or cyclic N) is 1. The first-order valence-electron chi connectivity index (χ1n) is 7.31. The molecule has 0 spiro atoms. The standard InChI is InChI=1S/C16H17F2N3O2/c1-10-8-21(14-11(17)4-3-5-12(14)18)19-13(10)15(22)20-7-6-16(2,23)9-20/h3-5,8,23H,6-7,9H2,1-2H3/t16-/m0/s1. The van der Waals surface area contributed by atoms with Gasteiger partial charge in [0, 0.05) is 24.8 Å². The van der Waals surface area contributed by atoms with Crippen molar-refractivity contribution in [2.75, 3.05) is 13.1 Å². The summed E-state index contributed by atoms with van der Waals surface area (Å²) in [6, 6.07) is 3.53. The molecule has 1 aromatic heterocycles. The number of hydrogen-bond acceptors (Lipinski definition) is 3. The van der Waals surface area contributed by atoms with E-state index in [-0.39, 0.29) is 23.8 Å². The lowest BCUT2D eigenvalue weighted by Crippen LogP contribution is -2.34. The van der Waals surface area contributed by atoms with Crippen molar-refractivity contribution in [1.29, 1.82) is 0 Å². The van der Waals surface area contributed by atoms with Crippen molar-refractivity contribution in [1.82, 2.24) is 14.7 Å². The van der Waals surface area contributed by atoms with Crippen LogP contribution in [-0.2, 0) is 0 Å². The molecule has 0 radical (unpaired) electrons. The Morgan fingerprint density at radius 3 is 2.57 bits per heavy atom. The van der Waals surface area contributed by atoms with Crippen LogP contribution < -0.4 is 0 Å². The van der Waals surface area contributed by atoms with Crippen molar-refractivity contribution in [3.63, 3.8) is 0 Å². The van der Waals surface area contributed by atoms with Crippen LogP contribution in [0.1, 0.15) is 29.4 Å². The second-order valence-corrected chi connectivity index (χ2v) is 6.15. The third-order valence-corrected chi connectivity index (χ3v) is 4.01. The fraction of sp³-hybridized carbons (Fsp3) is 0.375. The van der Waals surface area contributed by atoms with Crippen molar-refractivity contribution < 1.29 is 18.7 Å². The topological polar surface area (TPSA) is 58.4 Å². The van der Waals surface area contributed by atoms with Gasteiger partial charge in [-0.3, -0.25) is 4.79 Å². The van der Waals surface area contributed by atoms with E-state index in [9.17, 15) is 18.7 Å². The number of rotatable bonds is 2. The van der Waals surface area contributed by atoms with Gasteiger partial charge in [0.1, 0.15) is 5.69 Å². The predicted octanol–water partition coefficient (Wildman–Crippen LogP) is 2.06. The molecule has 2 aromatic rings. The Morgan fingerprint density at radius 2 is 2.00 bits per heavy atom. The minimum atomic E-state index is -0.913. The number of hydrogen-bond donors (Lipinski definition) is 1. The molecule has 1 aromatic carbocycles. The zero-order valence-electron chi connectivity index (χ0n) is 12.9. The Kier molecular flexibility index (Phi) is 3.68. The van der Waals surface area contributed by atoms with E-state index in [1.165, 1.54) is 17.2 Å². The third-order valence-electron chi connectivity index (χ3n) is 4.01. The number of aliphatic hydroxyl groups is 1. The van der Waals surface area contributed by atoms with Crippen molar-refractivity contribution >= 4 is 5.91 Å². The lowest BCUT2D eigenvalue weighted by molar-refractivity contribution is 0.0568. The van der Waals surface area contributed by atoms with E-state index >= 15 is 0 Å². The van der Waals surface area contributed by atoms with E-state index in [0.717, 1.165) is 16.8 Å². The first kappa shape index (κ1) is 15.6. The van der Waals surface area contributed by atoms with Gasteiger partial charge in [-0.25, -0.2) is 13.5 Å². The van der Waals surface area contributed by atoms with Gasteiger partial charge in [-0.1, -0.05) is 6.07 Å². The summed E-state index contributed by atoms with van der Waals surface area (Å²) in [5.74, 6) is -1.86. The summed E-state index contributed by atoms with van der Waals surface area (Å²) in [7, 11) is 0. The maximum absolute atomic E-state index is 13.9. The summed E-state index contributed by atoms with van der Waals surface area (Å²) < 4.78 is 28.7. The second-order valence-electron chi connectivity index (χ2n) is 6.15. The minimum absolute atomic E-state index is 0.130. The summed E-state index contributed by atoms with van der Waals surface area (Å²) in [6.07, 6.45) is 1.91. The van der Waals surface area contributed by atoms with Gasteiger partial charge in [-0.15, -0.1) is 0 Å². The van der Waals surface area contributed by atoms with Gasteiger partial charge in [-0.05, 0) is 32.4 Å². The molecule has 0 bridgehead atoms. The van der Waals surface area contributed by atoms with E-state index in [1.54, 1.807) is 13.8 Å². The smallest absolute Gasteiger partial charge is 0.274 e. The molecule has 1 amide bonds. The molecule has 1 aliphatic rings. The lowest BCUT2D eigenvalue weighted by atomic mass is 10.1. The SMILES string of the molecule is Cc1cn(-c2c(F)cccc2F)nc1C(=O)N1CC[C@](C)(O)C1. The highest BCUT2D eigenvalue weighted by atomic mass is 19.1.